The van der Waals surface area contributed by atoms with Gasteiger partial charge in [0, 0.05) is 16.4 Å². The maximum Gasteiger partial charge on any atom is 0.234 e. The zero-order valence-corrected chi connectivity index (χ0v) is 21.9. The van der Waals surface area contributed by atoms with E-state index in [9.17, 15) is 30.0 Å². The second-order valence-corrected chi connectivity index (χ2v) is 10.9. The molecule has 2 heterocycles. The molecule has 2 aliphatic rings. The fourth-order valence-electron chi connectivity index (χ4n) is 5.78. The molecular weight excluding hydrogens is 490 g/mol. The molecule has 0 saturated carbocycles. The summed E-state index contributed by atoms with van der Waals surface area (Å²) in [5.74, 6) is -2.52. The Hall–Kier alpha value is -2.78. The van der Waals surface area contributed by atoms with Crippen LogP contribution in [0.5, 0.6) is 5.75 Å². The van der Waals surface area contributed by atoms with Crippen molar-refractivity contribution in [1.82, 2.24) is 4.90 Å². The number of benzene rings is 1. The summed E-state index contributed by atoms with van der Waals surface area (Å²) in [6.07, 6.45) is 3.76. The number of hydrogen-bond donors (Lipinski definition) is 4. The molecular formula is C29H35NO6S. The van der Waals surface area contributed by atoms with E-state index in [1.165, 1.54) is 16.2 Å². The average molecular weight is 526 g/mol. The SMILES string of the molecule is CCC/C(=C\c1ccccc1O)CC[C@@H](O)C1=C(CO)C[C@H]2C(=O)N(Cc3cccs3)C(=O)[C@H]2[C@H]1CO. The molecule has 2 aromatic rings. The van der Waals surface area contributed by atoms with E-state index in [0.29, 0.717) is 29.6 Å². The van der Waals surface area contributed by atoms with Gasteiger partial charge in [-0.15, -0.1) is 11.3 Å². The first-order chi connectivity index (χ1) is 17.9. The number of thiophene rings is 1. The first-order valence-corrected chi connectivity index (χ1v) is 13.7. The molecule has 1 aromatic carbocycles. The number of fused-ring (bicyclic) bond motifs is 1. The summed E-state index contributed by atoms with van der Waals surface area (Å²) in [6, 6.07) is 10.8. The summed E-state index contributed by atoms with van der Waals surface area (Å²) < 4.78 is 0. The van der Waals surface area contributed by atoms with Crippen molar-refractivity contribution in [2.75, 3.05) is 13.2 Å². The zero-order valence-electron chi connectivity index (χ0n) is 21.0. The monoisotopic (exact) mass is 525 g/mol. The second kappa shape index (κ2) is 12.2. The highest BCUT2D eigenvalue weighted by Gasteiger charge is 2.54. The van der Waals surface area contributed by atoms with Gasteiger partial charge in [-0.25, -0.2) is 0 Å². The molecule has 4 rings (SSSR count). The summed E-state index contributed by atoms with van der Waals surface area (Å²) >= 11 is 1.47. The van der Waals surface area contributed by atoms with E-state index in [1.807, 2.05) is 35.7 Å². The van der Waals surface area contributed by atoms with Crippen molar-refractivity contribution < 1.29 is 30.0 Å². The Labute approximate surface area is 221 Å². The van der Waals surface area contributed by atoms with Gasteiger partial charge < -0.3 is 20.4 Å². The lowest BCUT2D eigenvalue weighted by Gasteiger charge is -2.36. The number of phenolic OH excluding ortho intramolecular Hbond substituents is 1. The van der Waals surface area contributed by atoms with Gasteiger partial charge in [-0.1, -0.05) is 49.3 Å². The molecule has 2 amide bonds. The molecule has 7 nitrogen and oxygen atoms in total. The highest BCUT2D eigenvalue weighted by atomic mass is 32.1. The van der Waals surface area contributed by atoms with Gasteiger partial charge in [0.2, 0.25) is 11.8 Å². The summed E-state index contributed by atoms with van der Waals surface area (Å²) in [5.41, 5.74) is 2.81. The molecule has 0 radical (unpaired) electrons. The fourth-order valence-corrected chi connectivity index (χ4v) is 6.48. The van der Waals surface area contributed by atoms with E-state index in [-0.39, 0.29) is 37.1 Å². The molecule has 8 heteroatoms. The number of hydrogen-bond acceptors (Lipinski definition) is 7. The number of rotatable bonds is 11. The van der Waals surface area contributed by atoms with Gasteiger partial charge in [-0.3, -0.25) is 14.5 Å². The van der Waals surface area contributed by atoms with Crippen LogP contribution >= 0.6 is 11.3 Å². The molecule has 1 aromatic heterocycles. The summed E-state index contributed by atoms with van der Waals surface area (Å²) in [7, 11) is 0. The molecule has 0 unspecified atom stereocenters. The van der Waals surface area contributed by atoms with E-state index in [2.05, 4.69) is 6.92 Å². The van der Waals surface area contributed by atoms with Gasteiger partial charge in [0.05, 0.1) is 37.7 Å². The number of para-hydroxylation sites is 1. The average Bonchev–Trinajstić information content (AvgIpc) is 3.50. The molecule has 0 bridgehead atoms. The minimum absolute atomic E-state index is 0.192. The van der Waals surface area contributed by atoms with Crippen LogP contribution in [0.2, 0.25) is 0 Å². The second-order valence-electron chi connectivity index (χ2n) is 9.85. The normalized spacial score (nSPS) is 23.1. The Bertz CT molecular complexity index is 1170. The Morgan fingerprint density at radius 3 is 2.57 bits per heavy atom. The Kier molecular flexibility index (Phi) is 8.97. The van der Waals surface area contributed by atoms with Crippen LogP contribution in [0, 0.1) is 17.8 Å². The lowest BCUT2D eigenvalue weighted by atomic mass is 9.68. The predicted octanol–water partition coefficient (Wildman–Crippen LogP) is 3.88. The van der Waals surface area contributed by atoms with Crippen LogP contribution < -0.4 is 0 Å². The molecule has 1 fully saturated rings. The molecule has 1 aliphatic carbocycles. The Morgan fingerprint density at radius 2 is 1.92 bits per heavy atom. The quantitative estimate of drug-likeness (QED) is 0.261. The van der Waals surface area contributed by atoms with Crippen molar-refractivity contribution in [3.05, 3.63) is 68.9 Å². The van der Waals surface area contributed by atoms with Crippen molar-refractivity contribution in [3.63, 3.8) is 0 Å². The smallest absolute Gasteiger partial charge is 0.234 e. The lowest BCUT2D eigenvalue weighted by Crippen LogP contribution is -2.39. The van der Waals surface area contributed by atoms with Crippen LogP contribution in [-0.2, 0) is 16.1 Å². The van der Waals surface area contributed by atoms with Crippen molar-refractivity contribution >= 4 is 29.2 Å². The van der Waals surface area contributed by atoms with Crippen LogP contribution in [0.15, 0.2) is 58.5 Å². The topological polar surface area (TPSA) is 118 Å². The third-order valence-electron chi connectivity index (χ3n) is 7.52. The summed E-state index contributed by atoms with van der Waals surface area (Å²) in [4.78, 5) is 28.8. The number of carbonyl (C=O) groups excluding carboxylic acids is 2. The Morgan fingerprint density at radius 1 is 1.14 bits per heavy atom. The number of phenols is 1. The number of allylic oxidation sites excluding steroid dienone is 1. The molecule has 4 N–H and O–H groups in total. The Balaban J connectivity index is 1.55. The van der Waals surface area contributed by atoms with Crippen LogP contribution in [-0.4, -0.2) is 56.5 Å². The number of nitrogens with zero attached hydrogens (tertiary/aromatic N) is 1. The molecule has 1 saturated heterocycles. The number of amides is 2. The molecule has 0 spiro atoms. The van der Waals surface area contributed by atoms with Crippen molar-refractivity contribution in [2.45, 2.75) is 51.7 Å². The number of likely N-dealkylation sites (tertiary alicyclic amines) is 1. The predicted molar refractivity (Wildman–Crippen MR) is 142 cm³/mol. The molecule has 4 atom stereocenters. The van der Waals surface area contributed by atoms with Crippen LogP contribution in [0.1, 0.15) is 49.5 Å². The van der Waals surface area contributed by atoms with E-state index in [4.69, 9.17) is 0 Å². The van der Waals surface area contributed by atoms with Gasteiger partial charge in [-0.05, 0) is 54.3 Å². The van der Waals surface area contributed by atoms with E-state index < -0.39 is 30.5 Å². The molecule has 198 valence electrons. The van der Waals surface area contributed by atoms with E-state index in [1.54, 1.807) is 12.1 Å². The fraction of sp³-hybridized carbons (Fsp3) is 0.448. The van der Waals surface area contributed by atoms with Crippen LogP contribution in [0.4, 0.5) is 0 Å². The lowest BCUT2D eigenvalue weighted by molar-refractivity contribution is -0.140. The number of imide groups is 1. The number of carbonyl (C=O) groups is 2. The van der Waals surface area contributed by atoms with Crippen LogP contribution in [0.25, 0.3) is 6.08 Å². The van der Waals surface area contributed by atoms with Gasteiger partial charge in [0.1, 0.15) is 5.75 Å². The van der Waals surface area contributed by atoms with Crippen molar-refractivity contribution in [3.8, 4) is 5.75 Å². The highest BCUT2D eigenvalue weighted by molar-refractivity contribution is 7.09. The number of aromatic hydroxyl groups is 1. The van der Waals surface area contributed by atoms with Gasteiger partial charge >= 0.3 is 0 Å². The van der Waals surface area contributed by atoms with Crippen molar-refractivity contribution in [1.29, 1.82) is 0 Å². The number of aliphatic hydroxyl groups excluding tert-OH is 3. The maximum atomic E-state index is 13.4. The van der Waals surface area contributed by atoms with E-state index >= 15 is 0 Å². The number of aliphatic hydroxyl groups is 3. The first kappa shape index (κ1) is 27.3. The van der Waals surface area contributed by atoms with Crippen LogP contribution in [0.3, 0.4) is 0 Å². The van der Waals surface area contributed by atoms with Gasteiger partial charge in [0.15, 0.2) is 0 Å². The van der Waals surface area contributed by atoms with E-state index in [0.717, 1.165) is 23.3 Å². The summed E-state index contributed by atoms with van der Waals surface area (Å²) in [5, 5.41) is 43.9. The maximum absolute atomic E-state index is 13.4. The van der Waals surface area contributed by atoms with Gasteiger partial charge in [0.25, 0.3) is 0 Å². The third kappa shape index (κ3) is 5.72. The third-order valence-corrected chi connectivity index (χ3v) is 8.38. The molecule has 1 aliphatic heterocycles. The zero-order chi connectivity index (χ0) is 26.5. The minimum Gasteiger partial charge on any atom is -0.507 e. The highest BCUT2D eigenvalue weighted by Crippen LogP contribution is 2.46. The first-order valence-electron chi connectivity index (χ1n) is 12.9. The minimum atomic E-state index is -0.973. The standard InChI is InChI=1S/C29H35NO6S/c1-2-6-18(13-19-7-3-4-9-24(19)33)10-11-25(34)26-20(16-31)14-22-27(23(26)17-32)29(36)30(28(22)35)15-21-8-5-12-37-21/h3-5,7-9,12-13,22-23,25,27,31-34H,2,6,10-11,14-17H2,1H3/b18-13+/t22-,23+,25-,27-/m1/s1. The van der Waals surface area contributed by atoms with Crippen molar-refractivity contribution in [2.24, 2.45) is 17.8 Å². The molecule has 37 heavy (non-hydrogen) atoms. The largest absolute Gasteiger partial charge is 0.507 e. The summed E-state index contributed by atoms with van der Waals surface area (Å²) in [6.45, 7) is 1.53. The van der Waals surface area contributed by atoms with Gasteiger partial charge in [-0.2, -0.15) is 0 Å².